The predicted octanol–water partition coefficient (Wildman–Crippen LogP) is 3.53. The minimum Gasteiger partial charge on any atom is -0.378 e. The third-order valence-electron chi connectivity index (χ3n) is 10.9. The van der Waals surface area contributed by atoms with Crippen molar-refractivity contribution in [1.29, 1.82) is 0 Å². The minimum atomic E-state index is -2.48. The quantitative estimate of drug-likeness (QED) is 0.416. The zero-order valence-corrected chi connectivity index (χ0v) is 24.5. The number of benzene rings is 2. The van der Waals surface area contributed by atoms with Gasteiger partial charge in [0.2, 0.25) is 0 Å². The molecule has 3 N–H and O–H groups in total. The van der Waals surface area contributed by atoms with Crippen molar-refractivity contribution >= 4 is 34.5 Å². The third-order valence-corrected chi connectivity index (χ3v) is 10.9. The van der Waals surface area contributed by atoms with Gasteiger partial charge in [0.15, 0.2) is 17.4 Å². The van der Waals surface area contributed by atoms with E-state index in [1.54, 1.807) is 18.3 Å². The van der Waals surface area contributed by atoms with E-state index in [2.05, 4.69) is 4.98 Å². The molecule has 5 atom stereocenters. The van der Waals surface area contributed by atoms with Crippen LogP contribution in [0.3, 0.4) is 0 Å². The molecule has 0 aliphatic carbocycles. The van der Waals surface area contributed by atoms with Crippen molar-refractivity contribution in [2.75, 3.05) is 12.0 Å². The van der Waals surface area contributed by atoms with Crippen LogP contribution in [0.25, 0.3) is 17.0 Å². The Labute approximate surface area is 243 Å². The summed E-state index contributed by atoms with van der Waals surface area (Å²) in [7, 11) is 1.37. The van der Waals surface area contributed by atoms with Crippen LogP contribution in [-0.2, 0) is 25.3 Å². The largest absolute Gasteiger partial charge is 0.378 e. The summed E-state index contributed by atoms with van der Waals surface area (Å²) in [6, 6.07) is 15.3. The van der Waals surface area contributed by atoms with Crippen LogP contribution < -0.4 is 4.90 Å². The summed E-state index contributed by atoms with van der Waals surface area (Å²) in [6.07, 6.45) is 3.72. The number of aliphatic hydroxyl groups is 2. The Morgan fingerprint density at radius 1 is 0.952 bits per heavy atom. The number of H-pyrrole nitrogens is 1. The summed E-state index contributed by atoms with van der Waals surface area (Å²) in [4.78, 5) is 37.7. The van der Waals surface area contributed by atoms with Crippen LogP contribution >= 0.6 is 0 Å². The molecule has 1 aromatic heterocycles. The van der Waals surface area contributed by atoms with Gasteiger partial charge in [0, 0.05) is 63.6 Å². The fourth-order valence-electron chi connectivity index (χ4n) is 8.84. The Balaban J connectivity index is 1.44. The van der Waals surface area contributed by atoms with Gasteiger partial charge in [0.25, 0.3) is 17.5 Å². The van der Waals surface area contributed by atoms with E-state index in [4.69, 9.17) is 4.74 Å². The monoisotopic (exact) mass is 566 g/mol. The molecule has 3 aromatic rings. The minimum absolute atomic E-state index is 0.101. The van der Waals surface area contributed by atoms with E-state index >= 15 is 0 Å². The number of anilines is 1. The Morgan fingerprint density at radius 3 is 2.38 bits per heavy atom. The maximum absolute atomic E-state index is 15.0. The molecule has 0 unspecified atom stereocenters. The number of rotatable bonds is 1. The second kappa shape index (κ2) is 7.34. The fraction of sp³-hybridized carbons (Fsp3) is 0.394. The Morgan fingerprint density at radius 2 is 1.64 bits per heavy atom. The lowest BCUT2D eigenvalue weighted by Gasteiger charge is -2.70. The van der Waals surface area contributed by atoms with Gasteiger partial charge in [-0.15, -0.1) is 0 Å². The van der Waals surface area contributed by atoms with Crippen molar-refractivity contribution in [3.8, 4) is 0 Å². The van der Waals surface area contributed by atoms with Gasteiger partial charge in [0.05, 0.1) is 0 Å². The number of aromatic nitrogens is 1. The van der Waals surface area contributed by atoms with Gasteiger partial charge < -0.3 is 24.8 Å². The molecule has 3 saturated heterocycles. The maximum Gasteiger partial charge on any atom is 0.287 e. The number of methoxy groups -OCH3 is 1. The van der Waals surface area contributed by atoms with Crippen LogP contribution in [0.2, 0.25) is 0 Å². The summed E-state index contributed by atoms with van der Waals surface area (Å²) in [6.45, 7) is 10.1. The number of nitrogens with one attached hydrogen (secondary N) is 1. The molecule has 0 radical (unpaired) electrons. The van der Waals surface area contributed by atoms with Gasteiger partial charge in [-0.2, -0.15) is 0 Å². The van der Waals surface area contributed by atoms with Gasteiger partial charge >= 0.3 is 0 Å². The Kier molecular flexibility index (Phi) is 4.50. The average Bonchev–Trinajstić information content (AvgIpc) is 3.49. The van der Waals surface area contributed by atoms with Crippen molar-refractivity contribution < 1.29 is 24.5 Å². The van der Waals surface area contributed by atoms with Crippen LogP contribution in [0.5, 0.6) is 0 Å². The van der Waals surface area contributed by atoms with Gasteiger partial charge in [-0.05, 0) is 32.1 Å². The molecule has 216 valence electrons. The lowest BCUT2D eigenvalue weighted by molar-refractivity contribution is -0.213. The number of carbonyl (C=O) groups excluding carboxylic acids is 2. The van der Waals surface area contributed by atoms with Crippen molar-refractivity contribution in [2.24, 2.45) is 5.92 Å². The van der Waals surface area contributed by atoms with E-state index < -0.39 is 45.9 Å². The molecule has 9 heteroatoms. The highest BCUT2D eigenvalue weighted by Crippen LogP contribution is 2.74. The first kappa shape index (κ1) is 25.8. The van der Waals surface area contributed by atoms with Gasteiger partial charge in [-0.3, -0.25) is 19.4 Å². The molecule has 42 heavy (non-hydrogen) atoms. The fourth-order valence-corrected chi connectivity index (χ4v) is 8.84. The standard InChI is InChI=1S/C33H34N4O5/c1-18-30(4,5)36-23-14-10-8-12-21(23)31(40)27(42-6)32(41)28(39)35-16-15-29(2,3)25-20(19-11-7-9-13-22(19)34-25)17-24(35)26(38)37(32)33(18,31)36/h7-18,27,34,40-41H,1-6H3/b16-15-,24-17-/t18-,27+,31+,32+,33+/m1/s1. The van der Waals surface area contributed by atoms with Crippen LogP contribution in [0.1, 0.15) is 51.4 Å². The summed E-state index contributed by atoms with van der Waals surface area (Å²) < 4.78 is 5.90. The van der Waals surface area contributed by atoms with E-state index in [-0.39, 0.29) is 11.6 Å². The van der Waals surface area contributed by atoms with E-state index in [0.717, 1.165) is 27.8 Å². The number of nitrogens with zero attached hydrogens (tertiary/aromatic N) is 3. The molecule has 0 saturated carbocycles. The van der Waals surface area contributed by atoms with Gasteiger partial charge in [0.1, 0.15) is 5.70 Å². The van der Waals surface area contributed by atoms with Crippen LogP contribution in [0.4, 0.5) is 5.69 Å². The van der Waals surface area contributed by atoms with Crippen molar-refractivity contribution in [3.05, 3.63) is 83.3 Å². The molecule has 6 heterocycles. The number of carbonyl (C=O) groups is 2. The lowest BCUT2D eigenvalue weighted by Crippen LogP contribution is -2.87. The third kappa shape index (κ3) is 2.36. The average molecular weight is 567 g/mol. The molecule has 8 rings (SSSR count). The zero-order chi connectivity index (χ0) is 29.8. The molecule has 3 fully saturated rings. The first-order valence-electron chi connectivity index (χ1n) is 14.4. The molecular formula is C33H34N4O5. The Hall–Kier alpha value is -3.92. The van der Waals surface area contributed by atoms with Crippen molar-refractivity contribution in [1.82, 2.24) is 14.8 Å². The number of hydrogen-bond acceptors (Lipinski definition) is 6. The maximum atomic E-state index is 15.0. The highest BCUT2D eigenvalue weighted by atomic mass is 16.5. The number of ether oxygens (including phenoxy) is 1. The van der Waals surface area contributed by atoms with E-state index in [0.29, 0.717) is 5.56 Å². The van der Waals surface area contributed by atoms with Crippen LogP contribution in [0.15, 0.2) is 66.5 Å². The predicted molar refractivity (Wildman–Crippen MR) is 157 cm³/mol. The van der Waals surface area contributed by atoms with Crippen LogP contribution in [0, 0.1) is 5.92 Å². The molecule has 0 bridgehead atoms. The van der Waals surface area contributed by atoms with E-state index in [1.165, 1.54) is 16.9 Å². The number of para-hydroxylation sites is 2. The molecular weight excluding hydrogens is 532 g/mol. The number of fused-ring (bicyclic) bond motifs is 8. The smallest absolute Gasteiger partial charge is 0.287 e. The molecule has 5 aliphatic heterocycles. The second-order valence-corrected chi connectivity index (χ2v) is 13.4. The summed E-state index contributed by atoms with van der Waals surface area (Å²) in [5, 5.41) is 26.4. The summed E-state index contributed by atoms with van der Waals surface area (Å²) >= 11 is 0. The van der Waals surface area contributed by atoms with Crippen molar-refractivity contribution in [2.45, 2.75) is 68.7 Å². The Bertz CT molecular complexity index is 1820. The highest BCUT2D eigenvalue weighted by Gasteiger charge is 2.91. The zero-order valence-electron chi connectivity index (χ0n) is 24.5. The van der Waals surface area contributed by atoms with E-state index in [1.807, 2.05) is 88.1 Å². The molecule has 2 amide bonds. The highest BCUT2D eigenvalue weighted by molar-refractivity contribution is 6.12. The lowest BCUT2D eigenvalue weighted by atomic mass is 9.61. The SMILES string of the molecule is CO[C@@H]1[C@]2(O)C(=O)N3/C=C\C(C)(C)c4[nH]c5ccccc5c4/C=C\3C(=O)N2[C@]23[C@H](C)C(C)(C)N2c2ccccc2[C@]13O. The first-order valence-corrected chi connectivity index (χ1v) is 14.4. The van der Waals surface area contributed by atoms with Crippen LogP contribution in [-0.4, -0.2) is 67.0 Å². The summed E-state index contributed by atoms with van der Waals surface area (Å²) in [5.74, 6) is -1.66. The molecule has 2 aromatic carbocycles. The topological polar surface area (TPSA) is 109 Å². The number of piperazine rings is 1. The van der Waals surface area contributed by atoms with Crippen molar-refractivity contribution in [3.63, 3.8) is 0 Å². The molecule has 9 nitrogen and oxygen atoms in total. The summed E-state index contributed by atoms with van der Waals surface area (Å²) in [5.41, 5.74) is -2.89. The normalized spacial score (nSPS) is 37.0. The first-order chi connectivity index (χ1) is 19.8. The second-order valence-electron chi connectivity index (χ2n) is 13.4. The number of allylic oxidation sites excluding steroid dienone is 1. The number of amides is 2. The molecule has 5 aliphatic rings. The number of aromatic amines is 1. The van der Waals surface area contributed by atoms with E-state index in [9.17, 15) is 19.8 Å². The van der Waals surface area contributed by atoms with Gasteiger partial charge in [-0.1, -0.05) is 63.2 Å². The molecule has 1 spiro atoms. The van der Waals surface area contributed by atoms with Gasteiger partial charge in [-0.25, -0.2) is 0 Å². The number of hydrogen-bond donors (Lipinski definition) is 3.